The molecule has 2 nitrogen and oxygen atoms in total. The summed E-state index contributed by atoms with van der Waals surface area (Å²) in [7, 11) is 2.23. The Balaban J connectivity index is 1.43. The summed E-state index contributed by atoms with van der Waals surface area (Å²) in [4.78, 5) is 16.4. The van der Waals surface area contributed by atoms with Crippen LogP contribution in [0.25, 0.3) is 5.57 Å². The SMILES string of the molecule is CC1CCC(C2=C(c3cc(C#CC4(Cc5ccccc5)CC4)sc3C=O)CCN(C)C2)CC1. The smallest absolute Gasteiger partial charge is 0.160 e. The van der Waals surface area contributed by atoms with Gasteiger partial charge >= 0.3 is 0 Å². The van der Waals surface area contributed by atoms with E-state index >= 15 is 0 Å². The van der Waals surface area contributed by atoms with Crippen LogP contribution in [0.5, 0.6) is 0 Å². The van der Waals surface area contributed by atoms with Crippen molar-refractivity contribution in [3.63, 3.8) is 0 Å². The first-order chi connectivity index (χ1) is 16.0. The van der Waals surface area contributed by atoms with Crippen molar-refractivity contribution in [1.82, 2.24) is 4.90 Å². The van der Waals surface area contributed by atoms with E-state index in [1.165, 1.54) is 55.2 Å². The Hall–Kier alpha value is -2.15. The third-order valence-corrected chi connectivity index (χ3v) is 8.94. The lowest BCUT2D eigenvalue weighted by Crippen LogP contribution is -2.31. The Labute approximate surface area is 203 Å². The minimum atomic E-state index is 0.129. The van der Waals surface area contributed by atoms with Crippen molar-refractivity contribution < 1.29 is 4.79 Å². The van der Waals surface area contributed by atoms with Gasteiger partial charge in [0.2, 0.25) is 0 Å². The van der Waals surface area contributed by atoms with Gasteiger partial charge in [0.15, 0.2) is 6.29 Å². The summed E-state index contributed by atoms with van der Waals surface area (Å²) >= 11 is 1.59. The molecule has 0 saturated heterocycles. The second kappa shape index (κ2) is 9.61. The third kappa shape index (κ3) is 5.18. The zero-order valence-corrected chi connectivity index (χ0v) is 20.8. The van der Waals surface area contributed by atoms with E-state index in [0.29, 0.717) is 5.92 Å². The number of aldehydes is 1. The number of hydrogen-bond donors (Lipinski definition) is 0. The molecular formula is C30H35NOS. The minimum Gasteiger partial charge on any atom is -0.302 e. The van der Waals surface area contributed by atoms with Gasteiger partial charge < -0.3 is 4.90 Å². The normalized spacial score (nSPS) is 24.8. The Morgan fingerprint density at radius 2 is 1.91 bits per heavy atom. The highest BCUT2D eigenvalue weighted by molar-refractivity contribution is 7.14. The molecule has 1 aromatic heterocycles. The Bertz CT molecular complexity index is 1090. The van der Waals surface area contributed by atoms with Gasteiger partial charge in [-0.1, -0.05) is 61.9 Å². The van der Waals surface area contributed by atoms with Gasteiger partial charge in [-0.15, -0.1) is 11.3 Å². The fraction of sp³-hybridized carbons (Fsp3) is 0.500. The van der Waals surface area contributed by atoms with E-state index in [1.54, 1.807) is 16.9 Å². The van der Waals surface area contributed by atoms with Crippen LogP contribution in [0.15, 0.2) is 42.0 Å². The molecule has 172 valence electrons. The molecule has 3 aliphatic rings. The molecule has 2 aromatic rings. The first kappa shape index (κ1) is 22.6. The fourth-order valence-electron chi connectivity index (χ4n) is 5.69. The molecule has 1 aromatic carbocycles. The fourth-order valence-corrected chi connectivity index (χ4v) is 6.54. The van der Waals surface area contributed by atoms with E-state index in [2.05, 4.69) is 67.1 Å². The average molecular weight is 458 g/mol. The number of nitrogens with zero attached hydrogens (tertiary/aromatic N) is 1. The number of hydrogen-bond acceptors (Lipinski definition) is 3. The Kier molecular flexibility index (Phi) is 6.59. The molecule has 2 heterocycles. The Morgan fingerprint density at radius 1 is 1.15 bits per heavy atom. The number of carbonyl (C=O) groups is 1. The number of likely N-dealkylation sites (N-methyl/N-ethyl adjacent to an activating group) is 1. The van der Waals surface area contributed by atoms with Crippen molar-refractivity contribution in [2.24, 2.45) is 17.3 Å². The predicted molar refractivity (Wildman–Crippen MR) is 139 cm³/mol. The third-order valence-electron chi connectivity index (χ3n) is 7.96. The summed E-state index contributed by atoms with van der Waals surface area (Å²) in [5, 5.41) is 0. The van der Waals surface area contributed by atoms with E-state index < -0.39 is 0 Å². The second-order valence-electron chi connectivity index (χ2n) is 10.6. The van der Waals surface area contributed by atoms with Gasteiger partial charge in [-0.05, 0) is 80.2 Å². The molecule has 0 bridgehead atoms. The van der Waals surface area contributed by atoms with Crippen molar-refractivity contribution in [3.8, 4) is 11.8 Å². The van der Waals surface area contributed by atoms with Gasteiger partial charge in [0.25, 0.3) is 0 Å². The highest BCUT2D eigenvalue weighted by Gasteiger charge is 2.41. The summed E-state index contributed by atoms with van der Waals surface area (Å²) in [5.41, 5.74) is 5.72. The zero-order valence-electron chi connectivity index (χ0n) is 20.0. The lowest BCUT2D eigenvalue weighted by molar-refractivity contribution is 0.112. The molecular weight excluding hydrogens is 422 g/mol. The van der Waals surface area contributed by atoms with Gasteiger partial charge in [-0.25, -0.2) is 0 Å². The van der Waals surface area contributed by atoms with Crippen LogP contribution in [0.2, 0.25) is 0 Å². The molecule has 0 N–H and O–H groups in total. The standard InChI is InChI=1S/C30H35NOS/c1-22-8-10-24(11-9-22)28-20-31(2)17-13-26(28)27-18-25(33-29(27)21-32)12-14-30(15-16-30)19-23-6-4-3-5-7-23/h3-7,18,21-22,24H,8-11,13,15-17,19-20H2,1-2H3. The highest BCUT2D eigenvalue weighted by Crippen LogP contribution is 2.48. The van der Waals surface area contributed by atoms with Crippen LogP contribution >= 0.6 is 11.3 Å². The van der Waals surface area contributed by atoms with Crippen LogP contribution in [0, 0.1) is 29.1 Å². The average Bonchev–Trinajstić information content (AvgIpc) is 3.47. The molecule has 0 unspecified atom stereocenters. The maximum absolute atomic E-state index is 12.1. The van der Waals surface area contributed by atoms with Crippen LogP contribution in [0.4, 0.5) is 0 Å². The number of rotatable bonds is 5. The van der Waals surface area contributed by atoms with E-state index in [4.69, 9.17) is 0 Å². The molecule has 2 aliphatic carbocycles. The monoisotopic (exact) mass is 457 g/mol. The van der Waals surface area contributed by atoms with Gasteiger partial charge in [-0.3, -0.25) is 4.79 Å². The molecule has 1 aliphatic heterocycles. The largest absolute Gasteiger partial charge is 0.302 e. The summed E-state index contributed by atoms with van der Waals surface area (Å²) in [6.07, 6.45) is 10.7. The molecule has 0 radical (unpaired) electrons. The predicted octanol–water partition coefficient (Wildman–Crippen LogP) is 6.85. The summed E-state index contributed by atoms with van der Waals surface area (Å²) < 4.78 is 0. The molecule has 0 spiro atoms. The first-order valence-corrected chi connectivity index (χ1v) is 13.4. The maximum Gasteiger partial charge on any atom is 0.160 e. The van der Waals surface area contributed by atoms with Gasteiger partial charge in [-0.2, -0.15) is 0 Å². The van der Waals surface area contributed by atoms with Crippen molar-refractivity contribution >= 4 is 23.2 Å². The lowest BCUT2D eigenvalue weighted by Gasteiger charge is -2.35. The molecule has 5 rings (SSSR count). The van der Waals surface area contributed by atoms with Crippen LogP contribution < -0.4 is 0 Å². The summed E-state index contributed by atoms with van der Waals surface area (Å²) in [5.74, 6) is 8.62. The molecule has 33 heavy (non-hydrogen) atoms. The lowest BCUT2D eigenvalue weighted by atomic mass is 9.75. The topological polar surface area (TPSA) is 20.3 Å². The maximum atomic E-state index is 12.1. The minimum absolute atomic E-state index is 0.129. The van der Waals surface area contributed by atoms with Crippen molar-refractivity contribution in [3.05, 3.63) is 62.9 Å². The van der Waals surface area contributed by atoms with Crippen molar-refractivity contribution in [2.45, 2.75) is 58.3 Å². The van der Waals surface area contributed by atoms with Crippen molar-refractivity contribution in [2.75, 3.05) is 20.1 Å². The first-order valence-electron chi connectivity index (χ1n) is 12.6. The Morgan fingerprint density at radius 3 is 2.61 bits per heavy atom. The van der Waals surface area contributed by atoms with Crippen LogP contribution in [-0.2, 0) is 6.42 Å². The molecule has 3 heteroatoms. The zero-order chi connectivity index (χ0) is 22.8. The van der Waals surface area contributed by atoms with E-state index in [9.17, 15) is 4.79 Å². The quantitative estimate of drug-likeness (QED) is 0.361. The second-order valence-corrected chi connectivity index (χ2v) is 11.7. The van der Waals surface area contributed by atoms with Crippen LogP contribution in [0.1, 0.15) is 77.5 Å². The van der Waals surface area contributed by atoms with E-state index in [1.807, 2.05) is 0 Å². The number of benzene rings is 1. The van der Waals surface area contributed by atoms with Gasteiger partial charge in [0.1, 0.15) is 0 Å². The highest BCUT2D eigenvalue weighted by atomic mass is 32.1. The van der Waals surface area contributed by atoms with E-state index in [-0.39, 0.29) is 5.41 Å². The van der Waals surface area contributed by atoms with Crippen LogP contribution in [0.3, 0.4) is 0 Å². The number of carbonyl (C=O) groups excluding carboxylic acids is 1. The van der Waals surface area contributed by atoms with Gasteiger partial charge in [0.05, 0.1) is 9.75 Å². The van der Waals surface area contributed by atoms with Crippen LogP contribution in [-0.4, -0.2) is 31.3 Å². The summed E-state index contributed by atoms with van der Waals surface area (Å²) in [6.45, 7) is 4.50. The molecule has 0 atom stereocenters. The van der Waals surface area contributed by atoms with E-state index in [0.717, 1.165) is 47.9 Å². The summed E-state index contributed by atoms with van der Waals surface area (Å²) in [6, 6.07) is 12.9. The van der Waals surface area contributed by atoms with Crippen molar-refractivity contribution in [1.29, 1.82) is 0 Å². The molecule has 2 fully saturated rings. The molecule has 2 saturated carbocycles. The van der Waals surface area contributed by atoms with Gasteiger partial charge in [0, 0.05) is 24.1 Å². The molecule has 0 amide bonds. The number of thiophene rings is 1.